The van der Waals surface area contributed by atoms with E-state index in [1.165, 1.54) is 0 Å². The number of ketones is 1. The van der Waals surface area contributed by atoms with Gasteiger partial charge in [0.25, 0.3) is 0 Å². The smallest absolute Gasteiger partial charge is 0.185 e. The number of rotatable bonds is 9. The summed E-state index contributed by atoms with van der Waals surface area (Å²) in [4.78, 5) is 12.7. The Bertz CT molecular complexity index is 955. The van der Waals surface area contributed by atoms with Crippen LogP contribution in [-0.4, -0.2) is 23.6 Å². The van der Waals surface area contributed by atoms with E-state index in [9.17, 15) is 4.79 Å². The van der Waals surface area contributed by atoms with Crippen molar-refractivity contribution in [3.05, 3.63) is 71.8 Å². The van der Waals surface area contributed by atoms with Gasteiger partial charge in [-0.15, -0.1) is 6.58 Å². The van der Waals surface area contributed by atoms with Crippen LogP contribution in [0.3, 0.4) is 0 Å². The van der Waals surface area contributed by atoms with Crippen molar-refractivity contribution in [2.24, 2.45) is 0 Å². The third-order valence-corrected chi connectivity index (χ3v) is 4.25. The number of carbonyl (C=O) groups excluding carboxylic acids is 1. The predicted octanol–water partition coefficient (Wildman–Crippen LogP) is 7.06. The van der Waals surface area contributed by atoms with E-state index in [1.54, 1.807) is 36.4 Å². The summed E-state index contributed by atoms with van der Waals surface area (Å²) in [5.41, 5.74) is 1.65. The highest BCUT2D eigenvalue weighted by atomic mass is 16.5. The highest BCUT2D eigenvalue weighted by molar-refractivity contribution is 6.07. The maximum atomic E-state index is 12.7. The number of hydrogen-bond acceptors (Lipinski definition) is 4. The van der Waals surface area contributed by atoms with E-state index >= 15 is 0 Å². The van der Waals surface area contributed by atoms with Crippen molar-refractivity contribution < 1.29 is 19.0 Å². The van der Waals surface area contributed by atoms with Crippen LogP contribution in [0.25, 0.3) is 6.08 Å². The van der Waals surface area contributed by atoms with Crippen LogP contribution in [0.5, 0.6) is 17.2 Å². The van der Waals surface area contributed by atoms with Gasteiger partial charge in [0.05, 0.1) is 6.61 Å². The van der Waals surface area contributed by atoms with Gasteiger partial charge < -0.3 is 14.2 Å². The second-order valence-corrected chi connectivity index (χ2v) is 9.57. The molecule has 0 spiro atoms. The molecule has 0 bridgehead atoms. The van der Waals surface area contributed by atoms with Crippen LogP contribution in [-0.2, 0) is 6.42 Å². The van der Waals surface area contributed by atoms with E-state index in [-0.39, 0.29) is 11.4 Å². The largest absolute Gasteiger partial charge is 0.494 e. The van der Waals surface area contributed by atoms with Crippen LogP contribution in [0.15, 0.2) is 55.1 Å². The maximum absolute atomic E-state index is 12.7. The van der Waals surface area contributed by atoms with Crippen molar-refractivity contribution in [3.8, 4) is 17.2 Å². The van der Waals surface area contributed by atoms with E-state index in [1.807, 2.05) is 66.7 Å². The Morgan fingerprint density at radius 3 is 2.06 bits per heavy atom. The van der Waals surface area contributed by atoms with Crippen molar-refractivity contribution in [1.82, 2.24) is 0 Å². The van der Waals surface area contributed by atoms with Crippen LogP contribution in [0.4, 0.5) is 0 Å². The molecule has 0 aliphatic heterocycles. The lowest BCUT2D eigenvalue weighted by Crippen LogP contribution is -2.25. The molecule has 2 aromatic rings. The molecule has 0 radical (unpaired) electrons. The Balaban J connectivity index is 2.43. The highest BCUT2D eigenvalue weighted by Crippen LogP contribution is 2.35. The minimum atomic E-state index is -0.402. The summed E-state index contributed by atoms with van der Waals surface area (Å²) in [7, 11) is 0. The lowest BCUT2D eigenvalue weighted by Gasteiger charge is -2.27. The zero-order chi connectivity index (χ0) is 23.9. The summed E-state index contributed by atoms with van der Waals surface area (Å²) >= 11 is 0. The fourth-order valence-electron chi connectivity index (χ4n) is 3.06. The topological polar surface area (TPSA) is 44.8 Å². The van der Waals surface area contributed by atoms with Gasteiger partial charge in [-0.1, -0.05) is 6.08 Å². The SMILES string of the molecule is C=CCc1cc(C=CC(=O)c2ccc(OCC)cc2)c(OC(C)(C)C)cc1OC(C)(C)C. The zero-order valence-corrected chi connectivity index (χ0v) is 20.5. The lowest BCUT2D eigenvalue weighted by atomic mass is 10.0. The first-order valence-corrected chi connectivity index (χ1v) is 11.0. The van der Waals surface area contributed by atoms with Crippen LogP contribution in [0.1, 0.15) is 70.0 Å². The molecule has 0 aromatic heterocycles. The first-order valence-electron chi connectivity index (χ1n) is 11.0. The standard InChI is InChI=1S/C28H36O4/c1-9-11-21-18-22(14-17-24(29)20-12-15-23(16-13-20)30-10-2)26(32-28(6,7)8)19-25(21)31-27(3,4)5/h9,12-19H,1,10-11H2,2-8H3. The Labute approximate surface area is 192 Å². The number of carbonyl (C=O) groups is 1. The maximum Gasteiger partial charge on any atom is 0.185 e. The van der Waals surface area contributed by atoms with Gasteiger partial charge in [0.2, 0.25) is 0 Å². The average Bonchev–Trinajstić information content (AvgIpc) is 2.67. The van der Waals surface area contributed by atoms with E-state index in [0.29, 0.717) is 24.3 Å². The minimum absolute atomic E-state index is 0.0879. The average molecular weight is 437 g/mol. The summed E-state index contributed by atoms with van der Waals surface area (Å²) in [5.74, 6) is 2.08. The number of hydrogen-bond donors (Lipinski definition) is 0. The van der Waals surface area contributed by atoms with Crippen molar-refractivity contribution in [3.63, 3.8) is 0 Å². The van der Waals surface area contributed by atoms with Crippen molar-refractivity contribution in [1.29, 1.82) is 0 Å². The van der Waals surface area contributed by atoms with Gasteiger partial charge in [-0.25, -0.2) is 0 Å². The molecule has 0 fully saturated rings. The molecule has 0 saturated heterocycles. The Kier molecular flexibility index (Phi) is 8.31. The fraction of sp³-hybridized carbons (Fsp3) is 0.393. The lowest BCUT2D eigenvalue weighted by molar-refractivity contribution is 0.104. The molecule has 172 valence electrons. The van der Waals surface area contributed by atoms with Crippen LogP contribution in [0, 0.1) is 0 Å². The second-order valence-electron chi connectivity index (χ2n) is 9.57. The molecule has 4 heteroatoms. The molecular formula is C28H36O4. The quantitative estimate of drug-likeness (QED) is 0.240. The van der Waals surface area contributed by atoms with Gasteiger partial charge >= 0.3 is 0 Å². The molecule has 0 aliphatic rings. The van der Waals surface area contributed by atoms with Gasteiger partial charge in [0, 0.05) is 17.2 Å². The van der Waals surface area contributed by atoms with E-state index in [0.717, 1.165) is 22.6 Å². The van der Waals surface area contributed by atoms with Gasteiger partial charge in [-0.3, -0.25) is 4.79 Å². The zero-order valence-electron chi connectivity index (χ0n) is 20.5. The van der Waals surface area contributed by atoms with Crippen LogP contribution >= 0.6 is 0 Å². The van der Waals surface area contributed by atoms with Gasteiger partial charge in [0.1, 0.15) is 28.5 Å². The Morgan fingerprint density at radius 2 is 1.53 bits per heavy atom. The van der Waals surface area contributed by atoms with Crippen molar-refractivity contribution in [2.75, 3.05) is 6.61 Å². The monoisotopic (exact) mass is 436 g/mol. The molecular weight excluding hydrogens is 400 g/mol. The molecule has 0 atom stereocenters. The first kappa shape index (κ1) is 25.3. The second kappa shape index (κ2) is 10.5. The Morgan fingerprint density at radius 1 is 0.938 bits per heavy atom. The molecule has 32 heavy (non-hydrogen) atoms. The van der Waals surface area contributed by atoms with Crippen LogP contribution < -0.4 is 14.2 Å². The first-order chi connectivity index (χ1) is 14.9. The summed E-state index contributed by atoms with van der Waals surface area (Å²) in [5, 5.41) is 0. The van der Waals surface area contributed by atoms with Crippen LogP contribution in [0.2, 0.25) is 0 Å². The third-order valence-electron chi connectivity index (χ3n) is 4.25. The molecule has 0 N–H and O–H groups in total. The molecule has 0 aliphatic carbocycles. The normalized spacial score (nSPS) is 12.0. The summed E-state index contributed by atoms with van der Waals surface area (Å²) in [6.07, 6.45) is 5.86. The Hall–Kier alpha value is -3.01. The third kappa shape index (κ3) is 7.92. The molecule has 0 heterocycles. The number of allylic oxidation sites excluding steroid dienone is 2. The minimum Gasteiger partial charge on any atom is -0.494 e. The van der Waals surface area contributed by atoms with Gasteiger partial charge in [-0.05, 0) is 103 Å². The van der Waals surface area contributed by atoms with Gasteiger partial charge in [-0.2, -0.15) is 0 Å². The summed E-state index contributed by atoms with van der Waals surface area (Å²) < 4.78 is 17.9. The van der Waals surface area contributed by atoms with E-state index < -0.39 is 5.60 Å². The summed E-state index contributed by atoms with van der Waals surface area (Å²) in [6, 6.07) is 11.1. The number of benzene rings is 2. The van der Waals surface area contributed by atoms with E-state index in [2.05, 4.69) is 6.58 Å². The van der Waals surface area contributed by atoms with Crippen molar-refractivity contribution >= 4 is 11.9 Å². The van der Waals surface area contributed by atoms with Gasteiger partial charge in [0.15, 0.2) is 5.78 Å². The molecule has 0 unspecified atom stereocenters. The molecule has 2 aromatic carbocycles. The fourth-order valence-corrected chi connectivity index (χ4v) is 3.06. The highest BCUT2D eigenvalue weighted by Gasteiger charge is 2.20. The van der Waals surface area contributed by atoms with E-state index in [4.69, 9.17) is 14.2 Å². The molecule has 4 nitrogen and oxygen atoms in total. The molecule has 0 amide bonds. The molecule has 2 rings (SSSR count). The predicted molar refractivity (Wildman–Crippen MR) is 132 cm³/mol. The number of ether oxygens (including phenoxy) is 3. The summed E-state index contributed by atoms with van der Waals surface area (Å²) in [6.45, 7) is 18.4. The molecule has 0 saturated carbocycles. The van der Waals surface area contributed by atoms with Crippen molar-refractivity contribution in [2.45, 2.75) is 66.1 Å².